The zero-order valence-corrected chi connectivity index (χ0v) is 15.8. The molecule has 136 valence electrons. The first-order chi connectivity index (χ1) is 13.3. The van der Waals surface area contributed by atoms with Gasteiger partial charge in [0.05, 0.1) is 6.20 Å². The van der Waals surface area contributed by atoms with E-state index in [1.807, 2.05) is 28.9 Å². The summed E-state index contributed by atoms with van der Waals surface area (Å²) in [7, 11) is 0. The molecule has 0 amide bonds. The van der Waals surface area contributed by atoms with Crippen LogP contribution in [0.2, 0.25) is 0 Å². The van der Waals surface area contributed by atoms with Crippen LogP contribution < -0.4 is 5.32 Å². The number of hydrogen-bond acceptors (Lipinski definition) is 3. The fourth-order valence-corrected chi connectivity index (χ4v) is 3.28. The van der Waals surface area contributed by atoms with Gasteiger partial charge in [-0.25, -0.2) is 4.98 Å². The number of aromatic nitrogens is 3. The van der Waals surface area contributed by atoms with Crippen molar-refractivity contribution in [3.63, 3.8) is 0 Å². The summed E-state index contributed by atoms with van der Waals surface area (Å²) < 4.78 is 1.90. The summed E-state index contributed by atoms with van der Waals surface area (Å²) in [6.07, 6.45) is 4.95. The molecule has 0 fully saturated rings. The molecule has 2 aromatic carbocycles. The van der Waals surface area contributed by atoms with Gasteiger partial charge in [0.2, 0.25) is 0 Å². The van der Waals surface area contributed by atoms with Crippen LogP contribution >= 0.6 is 0 Å². The van der Waals surface area contributed by atoms with Gasteiger partial charge in [0, 0.05) is 23.0 Å². The molecule has 0 atom stereocenters. The normalized spacial score (nSPS) is 11.0. The molecule has 0 aliphatic heterocycles. The fourth-order valence-electron chi connectivity index (χ4n) is 3.28. The van der Waals surface area contributed by atoms with E-state index in [-0.39, 0.29) is 0 Å². The Morgan fingerprint density at radius 2 is 1.74 bits per heavy atom. The van der Waals surface area contributed by atoms with Crippen LogP contribution in [0.5, 0.6) is 0 Å². The molecule has 0 saturated carbocycles. The minimum absolute atomic E-state index is 0.889. The van der Waals surface area contributed by atoms with E-state index in [0.29, 0.717) is 0 Å². The third kappa shape index (κ3) is 3.56. The second-order valence-electron chi connectivity index (χ2n) is 6.72. The molecular weight excluding hydrogens is 332 g/mol. The summed E-state index contributed by atoms with van der Waals surface area (Å²) >= 11 is 0. The summed E-state index contributed by atoms with van der Waals surface area (Å²) in [4.78, 5) is 4.89. The van der Waals surface area contributed by atoms with Gasteiger partial charge >= 0.3 is 0 Å². The Hall–Kier alpha value is -3.14. The first-order valence-corrected chi connectivity index (χ1v) is 9.57. The maximum Gasteiger partial charge on any atom is 0.165 e. The van der Waals surface area contributed by atoms with Crippen LogP contribution in [0.15, 0.2) is 66.9 Å². The van der Waals surface area contributed by atoms with Gasteiger partial charge in [-0.1, -0.05) is 62.7 Å². The highest BCUT2D eigenvalue weighted by Gasteiger charge is 2.13. The summed E-state index contributed by atoms with van der Waals surface area (Å²) in [5, 5.41) is 8.14. The molecule has 0 radical (unpaired) electrons. The second-order valence-corrected chi connectivity index (χ2v) is 6.72. The van der Waals surface area contributed by atoms with Crippen LogP contribution in [0.1, 0.15) is 31.5 Å². The van der Waals surface area contributed by atoms with E-state index < -0.39 is 0 Å². The Morgan fingerprint density at radius 3 is 2.44 bits per heavy atom. The standard InChI is InChI=1S/C23H24N4/c1-3-8-20-15-22(25-19-13-11-17(4-2)12-14-19)27-23(26-20)21(16-24-27)18-9-6-5-7-10-18/h5-7,9-16,25H,3-4,8H2,1-2H3. The zero-order valence-electron chi connectivity index (χ0n) is 15.8. The number of nitrogens with one attached hydrogen (secondary N) is 1. The molecule has 2 heterocycles. The summed E-state index contributed by atoms with van der Waals surface area (Å²) in [6, 6.07) is 21.0. The van der Waals surface area contributed by atoms with Gasteiger partial charge in [-0.05, 0) is 36.1 Å². The van der Waals surface area contributed by atoms with Crippen molar-refractivity contribution in [3.05, 3.63) is 78.1 Å². The molecule has 1 N–H and O–H groups in total. The smallest absolute Gasteiger partial charge is 0.165 e. The van der Waals surface area contributed by atoms with Crippen molar-refractivity contribution in [2.24, 2.45) is 0 Å². The number of anilines is 2. The van der Waals surface area contributed by atoms with Crippen molar-refractivity contribution in [3.8, 4) is 11.1 Å². The highest BCUT2D eigenvalue weighted by Crippen LogP contribution is 2.27. The topological polar surface area (TPSA) is 42.2 Å². The first-order valence-electron chi connectivity index (χ1n) is 9.57. The van der Waals surface area contributed by atoms with E-state index in [0.717, 1.165) is 53.2 Å². The maximum atomic E-state index is 4.89. The summed E-state index contributed by atoms with van der Waals surface area (Å²) in [5.41, 5.74) is 6.54. The minimum atomic E-state index is 0.889. The van der Waals surface area contributed by atoms with Crippen LogP contribution in [0.25, 0.3) is 16.8 Å². The maximum absolute atomic E-state index is 4.89. The SMILES string of the molecule is CCCc1cc(Nc2ccc(CC)cc2)n2ncc(-c3ccccc3)c2n1. The van der Waals surface area contributed by atoms with Crippen LogP contribution in [0, 0.1) is 0 Å². The van der Waals surface area contributed by atoms with E-state index in [4.69, 9.17) is 4.98 Å². The Labute approximate surface area is 159 Å². The van der Waals surface area contributed by atoms with E-state index >= 15 is 0 Å². The lowest BCUT2D eigenvalue weighted by atomic mass is 10.1. The van der Waals surface area contributed by atoms with Gasteiger partial charge in [0.1, 0.15) is 5.82 Å². The number of benzene rings is 2. The van der Waals surface area contributed by atoms with Gasteiger partial charge in [-0.2, -0.15) is 9.61 Å². The van der Waals surface area contributed by atoms with Crippen LogP contribution in [0.3, 0.4) is 0 Å². The molecule has 4 rings (SSSR count). The molecule has 0 saturated heterocycles. The Morgan fingerprint density at radius 1 is 0.963 bits per heavy atom. The minimum Gasteiger partial charge on any atom is -0.340 e. The first kappa shape index (κ1) is 17.3. The number of rotatable bonds is 6. The number of aryl methyl sites for hydroxylation is 2. The van der Waals surface area contributed by atoms with Gasteiger partial charge in [0.25, 0.3) is 0 Å². The highest BCUT2D eigenvalue weighted by molar-refractivity contribution is 5.78. The molecule has 4 nitrogen and oxygen atoms in total. The van der Waals surface area contributed by atoms with Crippen LogP contribution in [-0.2, 0) is 12.8 Å². The van der Waals surface area contributed by atoms with Crippen LogP contribution in [0.4, 0.5) is 11.5 Å². The molecule has 4 heteroatoms. The zero-order chi connectivity index (χ0) is 18.6. The molecule has 2 aromatic heterocycles. The Bertz CT molecular complexity index is 1030. The summed E-state index contributed by atoms with van der Waals surface area (Å²) in [6.45, 7) is 4.34. The molecule has 4 aromatic rings. The van der Waals surface area contributed by atoms with Crippen molar-refractivity contribution in [1.29, 1.82) is 0 Å². The summed E-state index contributed by atoms with van der Waals surface area (Å²) in [5.74, 6) is 0.940. The molecular formula is C23H24N4. The Kier molecular flexibility index (Phi) is 4.88. The van der Waals surface area contributed by atoms with Crippen molar-refractivity contribution >= 4 is 17.2 Å². The lowest BCUT2D eigenvalue weighted by Crippen LogP contribution is -2.04. The molecule has 0 spiro atoms. The second kappa shape index (κ2) is 7.62. The largest absolute Gasteiger partial charge is 0.340 e. The van der Waals surface area contributed by atoms with Gasteiger partial charge in [0.15, 0.2) is 5.65 Å². The Balaban J connectivity index is 1.80. The molecule has 0 unspecified atom stereocenters. The van der Waals surface area contributed by atoms with Crippen molar-refractivity contribution in [2.75, 3.05) is 5.32 Å². The van der Waals surface area contributed by atoms with E-state index in [9.17, 15) is 0 Å². The average molecular weight is 356 g/mol. The molecule has 0 aliphatic rings. The van der Waals surface area contributed by atoms with Gasteiger partial charge in [-0.15, -0.1) is 0 Å². The van der Waals surface area contributed by atoms with Crippen molar-refractivity contribution < 1.29 is 0 Å². The van der Waals surface area contributed by atoms with Crippen molar-refractivity contribution in [1.82, 2.24) is 14.6 Å². The third-order valence-corrected chi connectivity index (χ3v) is 4.75. The molecule has 27 heavy (non-hydrogen) atoms. The van der Waals surface area contributed by atoms with E-state index in [1.54, 1.807) is 0 Å². The number of hydrogen-bond donors (Lipinski definition) is 1. The monoisotopic (exact) mass is 356 g/mol. The van der Waals surface area contributed by atoms with Gasteiger partial charge < -0.3 is 5.32 Å². The van der Waals surface area contributed by atoms with E-state index in [1.165, 1.54) is 5.56 Å². The lowest BCUT2D eigenvalue weighted by Gasteiger charge is -2.11. The predicted octanol–water partition coefficient (Wildman–Crippen LogP) is 5.65. The van der Waals surface area contributed by atoms with E-state index in [2.05, 4.69) is 66.7 Å². The molecule has 0 aliphatic carbocycles. The fraction of sp³-hybridized carbons (Fsp3) is 0.217. The van der Waals surface area contributed by atoms with Crippen LogP contribution in [-0.4, -0.2) is 14.6 Å². The number of fused-ring (bicyclic) bond motifs is 1. The lowest BCUT2D eigenvalue weighted by molar-refractivity contribution is 0.862. The molecule has 0 bridgehead atoms. The van der Waals surface area contributed by atoms with Crippen molar-refractivity contribution in [2.45, 2.75) is 33.1 Å². The van der Waals surface area contributed by atoms with Gasteiger partial charge in [-0.3, -0.25) is 0 Å². The number of nitrogens with zero attached hydrogens (tertiary/aromatic N) is 3. The highest BCUT2D eigenvalue weighted by atomic mass is 15.3. The quantitative estimate of drug-likeness (QED) is 0.485. The third-order valence-electron chi connectivity index (χ3n) is 4.75. The predicted molar refractivity (Wildman–Crippen MR) is 112 cm³/mol. The average Bonchev–Trinajstić information content (AvgIpc) is 3.14.